The van der Waals surface area contributed by atoms with E-state index in [2.05, 4.69) is 10.1 Å². The van der Waals surface area contributed by atoms with Gasteiger partial charge in [-0.2, -0.15) is 13.2 Å². The van der Waals surface area contributed by atoms with E-state index in [0.717, 1.165) is 11.6 Å². The van der Waals surface area contributed by atoms with Crippen molar-refractivity contribution < 1.29 is 36.6 Å². The number of hydrogen-bond donors (Lipinski definition) is 0. The molecule has 0 saturated carbocycles. The van der Waals surface area contributed by atoms with Crippen LogP contribution in [0, 0.1) is 6.92 Å². The van der Waals surface area contributed by atoms with Gasteiger partial charge in [-0.05, 0) is 47.6 Å². The van der Waals surface area contributed by atoms with Crippen molar-refractivity contribution in [3.05, 3.63) is 94.7 Å². The predicted molar refractivity (Wildman–Crippen MR) is 154 cm³/mol. The third-order valence-electron chi connectivity index (χ3n) is 6.79. The summed E-state index contributed by atoms with van der Waals surface area (Å²) in [5, 5.41) is 5.48. The molecule has 0 aliphatic carbocycles. The van der Waals surface area contributed by atoms with Crippen LogP contribution in [0.3, 0.4) is 0 Å². The maximum Gasteiger partial charge on any atom is 0.417 e. The molecule has 3 aromatic heterocycles. The number of fused-ring (bicyclic) bond motifs is 2. The summed E-state index contributed by atoms with van der Waals surface area (Å²) in [5.74, 6) is 0.932. The van der Waals surface area contributed by atoms with Crippen LogP contribution < -0.4 is 14.2 Å². The normalized spacial score (nSPS) is 11.8. The molecule has 0 atom stereocenters. The van der Waals surface area contributed by atoms with E-state index in [-0.39, 0.29) is 18.6 Å². The molecule has 0 spiro atoms. The van der Waals surface area contributed by atoms with Crippen LogP contribution >= 0.6 is 11.3 Å². The molecule has 0 radical (unpaired) electrons. The van der Waals surface area contributed by atoms with Crippen molar-refractivity contribution >= 4 is 33.1 Å². The Labute approximate surface area is 247 Å². The smallest absolute Gasteiger partial charge is 0.417 e. The standard InChI is InChI=1S/C31H24F3N3O5S/c1-17-7-8-23(31(32,33)34)21(9-17)25(38)11-18-5-4-6-19(10-18)16-41-26-12-20(39-2)13-27-22(26)14-28(42-27)24-15-37-29(35-24)43-30(36-37)40-3/h4-10,12-15H,11,16H2,1-3H3. The number of halogens is 3. The minimum Gasteiger partial charge on any atom is -0.496 e. The number of benzene rings is 3. The molecule has 3 heterocycles. The summed E-state index contributed by atoms with van der Waals surface area (Å²) in [6, 6.07) is 15.9. The summed E-state index contributed by atoms with van der Waals surface area (Å²) in [6.45, 7) is 1.78. The van der Waals surface area contributed by atoms with Crippen LogP contribution in [0.4, 0.5) is 13.2 Å². The number of rotatable bonds is 9. The van der Waals surface area contributed by atoms with Gasteiger partial charge in [0.15, 0.2) is 11.5 Å². The summed E-state index contributed by atoms with van der Waals surface area (Å²) >= 11 is 1.30. The van der Waals surface area contributed by atoms with Gasteiger partial charge in [0.1, 0.15) is 29.4 Å². The third kappa shape index (κ3) is 5.78. The molecule has 8 nitrogen and oxygen atoms in total. The van der Waals surface area contributed by atoms with E-state index in [4.69, 9.17) is 18.6 Å². The number of Topliss-reactive ketones (excluding diaryl/α,β-unsaturated/α-hetero) is 1. The van der Waals surface area contributed by atoms with E-state index in [1.165, 1.54) is 30.6 Å². The highest BCUT2D eigenvalue weighted by molar-refractivity contribution is 7.18. The highest BCUT2D eigenvalue weighted by Crippen LogP contribution is 2.38. The largest absolute Gasteiger partial charge is 0.496 e. The lowest BCUT2D eigenvalue weighted by Crippen LogP contribution is -2.15. The molecule has 0 saturated heterocycles. The number of aryl methyl sites for hydroxylation is 1. The third-order valence-corrected chi connectivity index (χ3v) is 7.68. The van der Waals surface area contributed by atoms with Crippen molar-refractivity contribution in [3.63, 3.8) is 0 Å². The van der Waals surface area contributed by atoms with Crippen molar-refractivity contribution in [1.29, 1.82) is 0 Å². The van der Waals surface area contributed by atoms with Gasteiger partial charge in [-0.3, -0.25) is 4.79 Å². The number of imidazole rings is 1. The monoisotopic (exact) mass is 607 g/mol. The average Bonchev–Trinajstić information content (AvgIpc) is 3.68. The Morgan fingerprint density at radius 3 is 2.58 bits per heavy atom. The predicted octanol–water partition coefficient (Wildman–Crippen LogP) is 7.55. The zero-order chi connectivity index (χ0) is 30.3. The summed E-state index contributed by atoms with van der Waals surface area (Å²) in [7, 11) is 3.08. The first-order valence-electron chi connectivity index (χ1n) is 13.0. The number of alkyl halides is 3. The van der Waals surface area contributed by atoms with Gasteiger partial charge in [0.25, 0.3) is 5.19 Å². The zero-order valence-electron chi connectivity index (χ0n) is 23.2. The number of carbonyl (C=O) groups is 1. The summed E-state index contributed by atoms with van der Waals surface area (Å²) in [5.41, 5.74) is 1.74. The van der Waals surface area contributed by atoms with Crippen LogP contribution in [0.2, 0.25) is 0 Å². The Kier molecular flexibility index (Phi) is 7.30. The molecule has 6 aromatic rings. The fourth-order valence-corrected chi connectivity index (χ4v) is 5.44. The molecule has 12 heteroatoms. The van der Waals surface area contributed by atoms with E-state index in [1.807, 2.05) is 12.1 Å². The second-order valence-corrected chi connectivity index (χ2v) is 10.7. The van der Waals surface area contributed by atoms with Gasteiger partial charge in [0.2, 0.25) is 4.96 Å². The van der Waals surface area contributed by atoms with Crippen molar-refractivity contribution in [3.8, 4) is 28.1 Å². The number of hydrogen-bond acceptors (Lipinski definition) is 8. The van der Waals surface area contributed by atoms with Crippen LogP contribution in [0.1, 0.15) is 32.6 Å². The van der Waals surface area contributed by atoms with Gasteiger partial charge >= 0.3 is 6.18 Å². The summed E-state index contributed by atoms with van der Waals surface area (Å²) in [6.07, 6.45) is -3.07. The lowest BCUT2D eigenvalue weighted by Gasteiger charge is -2.13. The van der Waals surface area contributed by atoms with Gasteiger partial charge in [0.05, 0.1) is 31.4 Å². The van der Waals surface area contributed by atoms with Gasteiger partial charge in [0, 0.05) is 24.1 Å². The Morgan fingerprint density at radius 1 is 1.02 bits per heavy atom. The number of methoxy groups -OCH3 is 2. The molecule has 3 aromatic carbocycles. The highest BCUT2D eigenvalue weighted by atomic mass is 32.1. The van der Waals surface area contributed by atoms with E-state index < -0.39 is 17.5 Å². The highest BCUT2D eigenvalue weighted by Gasteiger charge is 2.35. The second-order valence-electron chi connectivity index (χ2n) is 9.83. The number of nitrogens with zero attached hydrogens (tertiary/aromatic N) is 3. The fraction of sp³-hybridized carbons (Fsp3) is 0.194. The molecule has 220 valence electrons. The number of aromatic nitrogens is 3. The SMILES string of the molecule is COc1cc(OCc2cccc(CC(=O)c3cc(C)ccc3C(F)(F)F)c2)c2cc(-c3cn4nc(OC)sc4n3)oc2c1. The van der Waals surface area contributed by atoms with Crippen LogP contribution in [0.15, 0.2) is 71.3 Å². The molecule has 0 amide bonds. The Hall–Kier alpha value is -4.84. The lowest BCUT2D eigenvalue weighted by molar-refractivity contribution is -0.137. The molecule has 0 aliphatic heterocycles. The topological polar surface area (TPSA) is 88.1 Å². The van der Waals surface area contributed by atoms with Crippen LogP contribution in [0.5, 0.6) is 16.7 Å². The Bertz CT molecular complexity index is 1940. The minimum absolute atomic E-state index is 0.132. The minimum atomic E-state index is -4.62. The molecular formula is C31H24F3N3O5S. The first kappa shape index (κ1) is 28.3. The maximum atomic E-state index is 13.5. The Morgan fingerprint density at radius 2 is 1.84 bits per heavy atom. The van der Waals surface area contributed by atoms with Crippen molar-refractivity contribution in [2.24, 2.45) is 0 Å². The van der Waals surface area contributed by atoms with Gasteiger partial charge in [-0.25, -0.2) is 9.50 Å². The second kappa shape index (κ2) is 11.1. The lowest BCUT2D eigenvalue weighted by atomic mass is 9.96. The Balaban J connectivity index is 1.23. The van der Waals surface area contributed by atoms with Crippen LogP contribution in [-0.2, 0) is 19.2 Å². The van der Waals surface area contributed by atoms with E-state index >= 15 is 0 Å². The molecule has 43 heavy (non-hydrogen) atoms. The molecule has 0 N–H and O–H groups in total. The van der Waals surface area contributed by atoms with Crippen molar-refractivity contribution in [1.82, 2.24) is 14.6 Å². The number of ether oxygens (including phenoxy) is 3. The molecule has 6 rings (SSSR count). The maximum absolute atomic E-state index is 13.5. The number of carbonyl (C=O) groups excluding carboxylic acids is 1. The van der Waals surface area contributed by atoms with E-state index in [0.29, 0.717) is 55.2 Å². The quantitative estimate of drug-likeness (QED) is 0.157. The van der Waals surface area contributed by atoms with Crippen LogP contribution in [-0.4, -0.2) is 34.6 Å². The molecule has 0 aliphatic rings. The first-order chi connectivity index (χ1) is 20.6. The first-order valence-corrected chi connectivity index (χ1v) is 13.9. The summed E-state index contributed by atoms with van der Waals surface area (Å²) in [4.78, 5) is 18.2. The summed E-state index contributed by atoms with van der Waals surface area (Å²) < 4.78 is 65.1. The van der Waals surface area contributed by atoms with E-state index in [1.54, 1.807) is 55.1 Å². The van der Waals surface area contributed by atoms with Gasteiger partial charge < -0.3 is 18.6 Å². The van der Waals surface area contributed by atoms with Gasteiger partial charge in [-0.1, -0.05) is 35.9 Å². The average molecular weight is 608 g/mol. The number of furan rings is 1. The number of ketones is 1. The molecular weight excluding hydrogens is 583 g/mol. The molecule has 0 fully saturated rings. The zero-order valence-corrected chi connectivity index (χ0v) is 24.0. The molecule has 0 bridgehead atoms. The van der Waals surface area contributed by atoms with Gasteiger partial charge in [-0.15, -0.1) is 5.10 Å². The van der Waals surface area contributed by atoms with Crippen molar-refractivity contribution in [2.45, 2.75) is 26.1 Å². The fourth-order valence-electron chi connectivity index (χ4n) is 4.74. The molecule has 0 unspecified atom stereocenters. The van der Waals surface area contributed by atoms with E-state index in [9.17, 15) is 18.0 Å². The van der Waals surface area contributed by atoms with Crippen LogP contribution in [0.25, 0.3) is 27.4 Å². The van der Waals surface area contributed by atoms with Crippen molar-refractivity contribution in [2.75, 3.05) is 14.2 Å².